The molecule has 16 heteroatoms. The second-order valence-electron chi connectivity index (χ2n) is 10.1. The summed E-state index contributed by atoms with van der Waals surface area (Å²) in [7, 11) is 0. The molecule has 16 nitrogen and oxygen atoms in total. The molecule has 5 atom stereocenters. The predicted octanol–water partition coefficient (Wildman–Crippen LogP) is -2.02. The number of nitrogens with zero attached hydrogens (tertiary/aromatic N) is 2. The number of nitrogens with one attached hydrogen (secondary N) is 5. The number of aliphatic imine (C=N–C) groups is 1. The average Bonchev–Trinajstić information content (AvgIpc) is 3.62. The minimum absolute atomic E-state index is 0.0246. The number of hydrogen-bond acceptors (Lipinski definition) is 8. The van der Waals surface area contributed by atoms with Gasteiger partial charge in [-0.3, -0.25) is 19.4 Å². The molecule has 13 N–H and O–H groups in total. The zero-order valence-corrected chi connectivity index (χ0v) is 23.6. The average molecular weight is 599 g/mol. The Morgan fingerprint density at radius 3 is 2.37 bits per heavy atom. The van der Waals surface area contributed by atoms with Crippen molar-refractivity contribution in [1.82, 2.24) is 30.9 Å². The molecule has 0 bridgehead atoms. The van der Waals surface area contributed by atoms with Gasteiger partial charge < -0.3 is 53.3 Å². The highest BCUT2D eigenvalue weighted by Gasteiger charge is 2.33. The molecule has 0 spiro atoms. The molecule has 3 amide bonds. The molecule has 0 fully saturated rings. The Balaban J connectivity index is 1.71. The molecular weight excluding hydrogens is 560 g/mol. The second-order valence-corrected chi connectivity index (χ2v) is 10.1. The number of amides is 3. The number of rotatable bonds is 16. The van der Waals surface area contributed by atoms with E-state index in [9.17, 15) is 29.4 Å². The van der Waals surface area contributed by atoms with Crippen molar-refractivity contribution in [3.05, 3.63) is 54.2 Å². The van der Waals surface area contributed by atoms with Gasteiger partial charge in [0, 0.05) is 48.4 Å². The third kappa shape index (κ3) is 9.54. The smallest absolute Gasteiger partial charge is 0.326 e. The van der Waals surface area contributed by atoms with Gasteiger partial charge in [-0.05, 0) is 31.4 Å². The largest absolute Gasteiger partial charge is 0.480 e. The summed E-state index contributed by atoms with van der Waals surface area (Å²) in [6.07, 6.45) is 3.65. The normalized spacial score (nSPS) is 14.6. The lowest BCUT2D eigenvalue weighted by Gasteiger charge is -2.26. The van der Waals surface area contributed by atoms with Gasteiger partial charge in [0.15, 0.2) is 5.96 Å². The molecule has 0 saturated carbocycles. The molecule has 43 heavy (non-hydrogen) atoms. The number of aliphatic hydroxyl groups excluding tert-OH is 1. The van der Waals surface area contributed by atoms with Crippen molar-refractivity contribution in [3.8, 4) is 0 Å². The van der Waals surface area contributed by atoms with Gasteiger partial charge in [-0.15, -0.1) is 0 Å². The van der Waals surface area contributed by atoms with E-state index in [-0.39, 0.29) is 31.8 Å². The first kappa shape index (κ1) is 32.6. The van der Waals surface area contributed by atoms with Crippen molar-refractivity contribution in [1.29, 1.82) is 0 Å². The van der Waals surface area contributed by atoms with Crippen LogP contribution in [0.3, 0.4) is 0 Å². The summed E-state index contributed by atoms with van der Waals surface area (Å²) in [5, 5.41) is 28.4. The number of carbonyl (C=O) groups excluding carboxylic acids is 3. The van der Waals surface area contributed by atoms with Crippen LogP contribution in [0.1, 0.15) is 31.0 Å². The summed E-state index contributed by atoms with van der Waals surface area (Å²) in [5.74, 6) is -3.73. The molecule has 2 heterocycles. The topological polar surface area (TPSA) is 280 Å². The number of aromatic nitrogens is 3. The van der Waals surface area contributed by atoms with E-state index in [1.807, 2.05) is 24.3 Å². The van der Waals surface area contributed by atoms with Crippen LogP contribution >= 0.6 is 0 Å². The van der Waals surface area contributed by atoms with Gasteiger partial charge in [-0.1, -0.05) is 18.2 Å². The number of carboxylic acids is 1. The SMILES string of the molecule is CC(O)C(NC(=O)C(N)CCCN=C(N)N)C(=O)NC(Cc1cnc[nH]1)C(=O)NC(Cc1c[nH]c2ccccc12)C(=O)O. The van der Waals surface area contributed by atoms with Crippen molar-refractivity contribution in [2.75, 3.05) is 6.54 Å². The van der Waals surface area contributed by atoms with Crippen LogP contribution < -0.4 is 33.2 Å². The number of carboxylic acid groups (broad SMARTS) is 1. The zero-order chi connectivity index (χ0) is 31.5. The van der Waals surface area contributed by atoms with Crippen molar-refractivity contribution in [3.63, 3.8) is 0 Å². The Labute approximate surface area is 246 Å². The molecule has 0 aliphatic heterocycles. The molecule has 3 rings (SSSR count). The third-order valence-electron chi connectivity index (χ3n) is 6.69. The van der Waals surface area contributed by atoms with Crippen molar-refractivity contribution in [2.24, 2.45) is 22.2 Å². The van der Waals surface area contributed by atoms with Crippen LogP contribution in [0, 0.1) is 0 Å². The Morgan fingerprint density at radius 1 is 1.00 bits per heavy atom. The number of hydrogen-bond donors (Lipinski definition) is 10. The number of para-hydroxylation sites is 1. The molecule has 0 aliphatic carbocycles. The monoisotopic (exact) mass is 598 g/mol. The molecule has 5 unspecified atom stereocenters. The van der Waals surface area contributed by atoms with E-state index >= 15 is 0 Å². The van der Waals surface area contributed by atoms with Gasteiger partial charge >= 0.3 is 5.97 Å². The molecular formula is C27H38N10O6. The van der Waals surface area contributed by atoms with Gasteiger partial charge in [0.1, 0.15) is 18.1 Å². The number of H-pyrrole nitrogens is 2. The first-order valence-electron chi connectivity index (χ1n) is 13.6. The van der Waals surface area contributed by atoms with Gasteiger partial charge in [-0.25, -0.2) is 9.78 Å². The molecule has 232 valence electrons. The summed E-state index contributed by atoms with van der Waals surface area (Å²) in [6.45, 7) is 1.55. The highest BCUT2D eigenvalue weighted by atomic mass is 16.4. The number of aliphatic hydroxyl groups is 1. The highest BCUT2D eigenvalue weighted by molar-refractivity contribution is 5.94. The number of nitrogens with two attached hydrogens (primary N) is 3. The number of benzene rings is 1. The molecule has 3 aromatic rings. The number of imidazole rings is 1. The van der Waals surface area contributed by atoms with Crippen LogP contribution in [0.25, 0.3) is 10.9 Å². The quantitative estimate of drug-likeness (QED) is 0.0490. The Hall–Kier alpha value is -4.96. The fraction of sp³-hybridized carbons (Fsp3) is 0.407. The van der Waals surface area contributed by atoms with E-state index < -0.39 is 54.0 Å². The number of aromatic amines is 2. The van der Waals surface area contributed by atoms with Crippen molar-refractivity contribution in [2.45, 2.75) is 62.9 Å². The van der Waals surface area contributed by atoms with E-state index in [1.165, 1.54) is 19.4 Å². The summed E-state index contributed by atoms with van der Waals surface area (Å²) in [4.78, 5) is 65.1. The minimum Gasteiger partial charge on any atom is -0.480 e. The fourth-order valence-electron chi connectivity index (χ4n) is 4.40. The maximum Gasteiger partial charge on any atom is 0.326 e. The fourth-order valence-corrected chi connectivity index (χ4v) is 4.40. The van der Waals surface area contributed by atoms with E-state index in [2.05, 4.69) is 35.9 Å². The van der Waals surface area contributed by atoms with E-state index in [1.54, 1.807) is 6.20 Å². The molecule has 2 aromatic heterocycles. The maximum absolute atomic E-state index is 13.4. The molecule has 0 aliphatic rings. The second kappa shape index (κ2) is 15.3. The lowest BCUT2D eigenvalue weighted by atomic mass is 10.0. The molecule has 0 radical (unpaired) electrons. The molecule has 0 saturated heterocycles. The first-order chi connectivity index (χ1) is 20.5. The maximum atomic E-state index is 13.4. The van der Waals surface area contributed by atoms with Crippen LogP contribution in [0.15, 0.2) is 48.0 Å². The van der Waals surface area contributed by atoms with Crippen LogP contribution in [-0.4, -0.2) is 91.6 Å². The Bertz CT molecular complexity index is 1420. The molecule has 1 aromatic carbocycles. The lowest BCUT2D eigenvalue weighted by Crippen LogP contribution is -2.60. The van der Waals surface area contributed by atoms with E-state index in [0.717, 1.165) is 10.9 Å². The lowest BCUT2D eigenvalue weighted by molar-refractivity contribution is -0.142. The predicted molar refractivity (Wildman–Crippen MR) is 157 cm³/mol. The van der Waals surface area contributed by atoms with Gasteiger partial charge in [0.05, 0.1) is 18.5 Å². The number of carbonyl (C=O) groups is 4. The van der Waals surface area contributed by atoms with Gasteiger partial charge in [0.2, 0.25) is 17.7 Å². The van der Waals surface area contributed by atoms with Crippen LogP contribution in [0.5, 0.6) is 0 Å². The van der Waals surface area contributed by atoms with Crippen molar-refractivity contribution < 1.29 is 29.4 Å². The van der Waals surface area contributed by atoms with E-state index in [0.29, 0.717) is 17.7 Å². The number of fused-ring (bicyclic) bond motifs is 1. The summed E-state index contributed by atoms with van der Waals surface area (Å²) < 4.78 is 0. The zero-order valence-electron chi connectivity index (χ0n) is 23.6. The number of aliphatic carboxylic acids is 1. The van der Waals surface area contributed by atoms with Gasteiger partial charge in [-0.2, -0.15) is 0 Å². The summed E-state index contributed by atoms with van der Waals surface area (Å²) in [5.41, 5.74) is 18.5. The highest BCUT2D eigenvalue weighted by Crippen LogP contribution is 2.19. The number of guanidine groups is 1. The minimum atomic E-state index is -1.46. The first-order valence-corrected chi connectivity index (χ1v) is 13.6. The van der Waals surface area contributed by atoms with E-state index in [4.69, 9.17) is 17.2 Å². The Morgan fingerprint density at radius 2 is 1.72 bits per heavy atom. The standard InChI is InChI=1S/C27H38N10O6/c1-14(38)22(37-23(39)18(28)6-4-8-32-27(29)30)25(41)35-20(10-16-12-31-13-34-16)24(40)36-21(26(42)43)9-15-11-33-19-7-3-2-5-17(15)19/h2-3,5,7,11-14,18,20-22,33,38H,4,6,8-10,28H2,1H3,(H,31,34)(H,35,41)(H,36,40)(H,37,39)(H,42,43)(H4,29,30,32). The van der Waals surface area contributed by atoms with Crippen LogP contribution in [0.2, 0.25) is 0 Å². The Kier molecular flexibility index (Phi) is 11.6. The van der Waals surface area contributed by atoms with Crippen LogP contribution in [-0.2, 0) is 32.0 Å². The third-order valence-corrected chi connectivity index (χ3v) is 6.69. The summed E-state index contributed by atoms with van der Waals surface area (Å²) >= 11 is 0. The van der Waals surface area contributed by atoms with Gasteiger partial charge in [0.25, 0.3) is 0 Å². The van der Waals surface area contributed by atoms with Crippen molar-refractivity contribution >= 4 is 40.6 Å². The van der Waals surface area contributed by atoms with Crippen LogP contribution in [0.4, 0.5) is 0 Å². The summed E-state index contributed by atoms with van der Waals surface area (Å²) in [6, 6.07) is 2.25.